The quantitative estimate of drug-likeness (QED) is 0.248. The third-order valence-corrected chi connectivity index (χ3v) is 5.27. The van der Waals surface area contributed by atoms with Crippen molar-refractivity contribution < 1.29 is 44.5 Å². The molecule has 3 N–H and O–H groups in total. The lowest BCUT2D eigenvalue weighted by molar-refractivity contribution is -0.988. The Morgan fingerprint density at radius 2 is 1.74 bits per heavy atom. The maximum Gasteiger partial charge on any atom is 0.179 e. The Kier molecular flexibility index (Phi) is 14.7. The van der Waals surface area contributed by atoms with Crippen LogP contribution in [0.25, 0.3) is 0 Å². The first-order valence-corrected chi connectivity index (χ1v) is 9.85. The van der Waals surface area contributed by atoms with E-state index < -0.39 is 0 Å². The Hall–Kier alpha value is -0.780. The van der Waals surface area contributed by atoms with Gasteiger partial charge in [-0.2, -0.15) is 0 Å². The fourth-order valence-electron chi connectivity index (χ4n) is 3.77. The van der Waals surface area contributed by atoms with Crippen LogP contribution in [0.2, 0.25) is 0 Å². The lowest BCUT2D eigenvalue weighted by Gasteiger charge is -2.31. The van der Waals surface area contributed by atoms with Crippen LogP contribution in [-0.4, -0.2) is 51.0 Å². The first kappa shape index (κ1) is 26.2. The summed E-state index contributed by atoms with van der Waals surface area (Å²) in [5.74, 6) is 0.984. The molecule has 0 saturated carbocycles. The third-order valence-electron chi connectivity index (χ3n) is 5.27. The highest BCUT2D eigenvalue weighted by Gasteiger charge is 2.27. The fourth-order valence-corrected chi connectivity index (χ4v) is 3.77. The van der Waals surface area contributed by atoms with Gasteiger partial charge >= 0.3 is 0 Å². The summed E-state index contributed by atoms with van der Waals surface area (Å²) in [6.07, 6.45) is 8.76. The van der Waals surface area contributed by atoms with Gasteiger partial charge in [-0.15, -0.1) is 6.58 Å². The molecule has 0 bridgehead atoms. The molecular formula is C21H36Cl2N2O2. The number of ether oxygens (including phenoxy) is 1. The molecule has 156 valence electrons. The maximum atomic E-state index is 10.3. The molecule has 1 saturated heterocycles. The van der Waals surface area contributed by atoms with Crippen LogP contribution in [0.15, 0.2) is 36.9 Å². The predicted molar refractivity (Wildman–Crippen MR) is 103 cm³/mol. The van der Waals surface area contributed by atoms with E-state index in [9.17, 15) is 5.11 Å². The van der Waals surface area contributed by atoms with Gasteiger partial charge in [-0.05, 0) is 25.3 Å². The van der Waals surface area contributed by atoms with Gasteiger partial charge in [0.1, 0.15) is 38.8 Å². The zero-order valence-corrected chi connectivity index (χ0v) is 18.1. The van der Waals surface area contributed by atoms with Gasteiger partial charge < -0.3 is 39.6 Å². The highest BCUT2D eigenvalue weighted by Crippen LogP contribution is 2.18. The number of halogens is 2. The zero-order chi connectivity index (χ0) is 17.9. The number of quaternary nitrogens is 2. The number of piperazine rings is 1. The average Bonchev–Trinajstić information content (AvgIpc) is 2.65. The largest absolute Gasteiger partial charge is 1.00 e. The van der Waals surface area contributed by atoms with Crippen molar-refractivity contribution in [1.82, 2.24) is 0 Å². The summed E-state index contributed by atoms with van der Waals surface area (Å²) in [6.45, 7) is 9.08. The predicted octanol–water partition coefficient (Wildman–Crippen LogP) is -4.99. The van der Waals surface area contributed by atoms with Crippen molar-refractivity contribution in [1.29, 1.82) is 0 Å². The summed E-state index contributed by atoms with van der Waals surface area (Å²) >= 11 is 0. The number of nitrogens with one attached hydrogen (secondary N) is 2. The van der Waals surface area contributed by atoms with Crippen molar-refractivity contribution in [2.45, 2.75) is 44.6 Å². The second-order valence-corrected chi connectivity index (χ2v) is 7.19. The van der Waals surface area contributed by atoms with Crippen LogP contribution in [0.1, 0.15) is 38.5 Å². The van der Waals surface area contributed by atoms with Gasteiger partial charge in [0.2, 0.25) is 0 Å². The summed E-state index contributed by atoms with van der Waals surface area (Å²) in [7, 11) is 1.74. The third kappa shape index (κ3) is 9.31. The summed E-state index contributed by atoms with van der Waals surface area (Å²) in [6, 6.07) is 8.32. The second kappa shape index (κ2) is 15.2. The van der Waals surface area contributed by atoms with E-state index >= 15 is 0 Å². The Balaban J connectivity index is 0.00000338. The lowest BCUT2D eigenvalue weighted by Crippen LogP contribution is -3.26. The SMILES string of the molecule is C=CCCCCCCC(O)C[NH+]1CC[NH+](c2ccccc2OC)CC1.[Cl-].[Cl-]. The number of allylic oxidation sites excluding steroid dienone is 1. The van der Waals surface area contributed by atoms with E-state index in [1.807, 2.05) is 18.2 Å². The first-order valence-electron chi connectivity index (χ1n) is 9.85. The molecule has 2 rings (SSSR count). The van der Waals surface area contributed by atoms with Crippen molar-refractivity contribution in [2.24, 2.45) is 0 Å². The van der Waals surface area contributed by atoms with Crippen LogP contribution in [0.3, 0.4) is 0 Å². The van der Waals surface area contributed by atoms with Crippen molar-refractivity contribution in [3.05, 3.63) is 36.9 Å². The minimum absolute atomic E-state index is 0. The number of hydrogen-bond donors (Lipinski definition) is 3. The van der Waals surface area contributed by atoms with E-state index in [-0.39, 0.29) is 30.9 Å². The molecule has 0 aromatic heterocycles. The summed E-state index contributed by atoms with van der Waals surface area (Å²) in [5, 5.41) is 10.3. The Bertz CT molecular complexity index is 509. The molecule has 1 heterocycles. The van der Waals surface area contributed by atoms with Crippen LogP contribution in [0, 0.1) is 0 Å². The van der Waals surface area contributed by atoms with E-state index in [2.05, 4.69) is 18.7 Å². The monoisotopic (exact) mass is 418 g/mol. The molecule has 0 aliphatic carbocycles. The minimum Gasteiger partial charge on any atom is -1.00 e. The Morgan fingerprint density at radius 3 is 2.41 bits per heavy atom. The number of rotatable bonds is 11. The molecular weight excluding hydrogens is 383 g/mol. The number of aliphatic hydroxyl groups is 1. The topological polar surface area (TPSA) is 38.3 Å². The number of benzene rings is 1. The van der Waals surface area contributed by atoms with Crippen molar-refractivity contribution in [3.63, 3.8) is 0 Å². The Labute approximate surface area is 177 Å². The standard InChI is InChI=1S/C21H34N2O2.2ClH/c1-3-4-5-6-7-8-11-19(24)18-22-14-16-23(17-15-22)20-12-9-10-13-21(20)25-2;;/h3,9-10,12-13,19,24H,1,4-8,11,14-18H2,2H3;2*1H. The lowest BCUT2D eigenvalue weighted by atomic mass is 10.1. The molecule has 0 amide bonds. The van der Waals surface area contributed by atoms with Gasteiger partial charge in [-0.1, -0.05) is 37.5 Å². The highest BCUT2D eigenvalue weighted by atomic mass is 35.5. The molecule has 6 heteroatoms. The molecule has 0 radical (unpaired) electrons. The van der Waals surface area contributed by atoms with Gasteiger partial charge in [0.05, 0.1) is 7.11 Å². The number of hydrogen-bond acceptors (Lipinski definition) is 2. The molecule has 1 fully saturated rings. The highest BCUT2D eigenvalue weighted by molar-refractivity contribution is 5.45. The van der Waals surface area contributed by atoms with Crippen LogP contribution in [0.5, 0.6) is 5.75 Å². The second-order valence-electron chi connectivity index (χ2n) is 7.19. The zero-order valence-electron chi connectivity index (χ0n) is 16.6. The molecule has 0 spiro atoms. The van der Waals surface area contributed by atoms with Gasteiger partial charge in [0.15, 0.2) is 11.4 Å². The van der Waals surface area contributed by atoms with E-state index in [0.717, 1.165) is 57.7 Å². The molecule has 1 aromatic rings. The minimum atomic E-state index is -0.151. The van der Waals surface area contributed by atoms with E-state index in [1.165, 1.54) is 34.7 Å². The number of aliphatic hydroxyl groups excluding tert-OH is 1. The smallest absolute Gasteiger partial charge is 0.179 e. The molecule has 1 aliphatic heterocycles. The number of unbranched alkanes of at least 4 members (excludes halogenated alkanes) is 4. The van der Waals surface area contributed by atoms with E-state index in [1.54, 1.807) is 7.11 Å². The van der Waals surface area contributed by atoms with Crippen LogP contribution < -0.4 is 39.4 Å². The van der Waals surface area contributed by atoms with E-state index in [4.69, 9.17) is 4.74 Å². The summed E-state index contributed by atoms with van der Waals surface area (Å²) in [5.41, 5.74) is 1.27. The van der Waals surface area contributed by atoms with Crippen molar-refractivity contribution >= 4 is 5.69 Å². The Morgan fingerprint density at radius 1 is 1.07 bits per heavy atom. The molecule has 1 atom stereocenters. The van der Waals surface area contributed by atoms with Crippen molar-refractivity contribution in [3.8, 4) is 5.75 Å². The molecule has 27 heavy (non-hydrogen) atoms. The first-order chi connectivity index (χ1) is 12.2. The molecule has 1 aliphatic rings. The average molecular weight is 419 g/mol. The number of methoxy groups -OCH3 is 1. The normalized spacial score (nSPS) is 20.1. The molecule has 1 unspecified atom stereocenters. The van der Waals surface area contributed by atoms with Gasteiger partial charge in [0, 0.05) is 6.07 Å². The van der Waals surface area contributed by atoms with Crippen LogP contribution in [0.4, 0.5) is 5.69 Å². The van der Waals surface area contributed by atoms with E-state index in [0.29, 0.717) is 0 Å². The molecule has 1 aromatic carbocycles. The van der Waals surface area contributed by atoms with Crippen LogP contribution in [-0.2, 0) is 0 Å². The summed E-state index contributed by atoms with van der Waals surface area (Å²) in [4.78, 5) is 3.04. The molecule has 4 nitrogen and oxygen atoms in total. The van der Waals surface area contributed by atoms with Crippen LogP contribution >= 0.6 is 0 Å². The number of para-hydroxylation sites is 2. The van der Waals surface area contributed by atoms with Gasteiger partial charge in [-0.25, -0.2) is 0 Å². The maximum absolute atomic E-state index is 10.3. The fraction of sp³-hybridized carbons (Fsp3) is 0.619. The van der Waals surface area contributed by atoms with Crippen molar-refractivity contribution in [2.75, 3.05) is 39.8 Å². The summed E-state index contributed by atoms with van der Waals surface area (Å²) < 4.78 is 5.50. The van der Waals surface area contributed by atoms with Gasteiger partial charge in [-0.3, -0.25) is 4.90 Å². The van der Waals surface area contributed by atoms with Gasteiger partial charge in [0.25, 0.3) is 0 Å².